The molecule has 0 atom stereocenters. The highest BCUT2D eigenvalue weighted by atomic mass is 32.1. The fourth-order valence-corrected chi connectivity index (χ4v) is 3.00. The van der Waals surface area contributed by atoms with Gasteiger partial charge in [-0.2, -0.15) is 0 Å². The summed E-state index contributed by atoms with van der Waals surface area (Å²) in [7, 11) is 0. The van der Waals surface area contributed by atoms with Crippen LogP contribution in [0.5, 0.6) is 0 Å². The van der Waals surface area contributed by atoms with Crippen molar-refractivity contribution >= 4 is 22.9 Å². The number of thiocarbonyl (C=S) groups is 1. The van der Waals surface area contributed by atoms with Crippen LogP contribution in [0.3, 0.4) is 0 Å². The minimum atomic E-state index is 0.656. The Morgan fingerprint density at radius 1 is 0.810 bits per heavy atom. The van der Waals surface area contributed by atoms with Crippen LogP contribution in [0.25, 0.3) is 11.3 Å². The number of benzene rings is 2. The first-order valence-electron chi connectivity index (χ1n) is 6.80. The van der Waals surface area contributed by atoms with Gasteiger partial charge in [-0.15, -0.1) is 0 Å². The molecule has 3 heteroatoms. The van der Waals surface area contributed by atoms with Gasteiger partial charge in [0.25, 0.3) is 0 Å². The third kappa shape index (κ3) is 1.94. The average molecular weight is 288 g/mol. The first kappa shape index (κ1) is 12.2. The van der Waals surface area contributed by atoms with Crippen LogP contribution in [-0.2, 0) is 0 Å². The van der Waals surface area contributed by atoms with Gasteiger partial charge in [0, 0.05) is 22.9 Å². The highest BCUT2D eigenvalue weighted by Crippen LogP contribution is 2.32. The number of rotatable bonds is 2. The Morgan fingerprint density at radius 2 is 1.43 bits per heavy atom. The monoisotopic (exact) mass is 288 g/mol. The number of hydrogen-bond acceptors (Lipinski definition) is 1. The van der Waals surface area contributed by atoms with Crippen molar-refractivity contribution in [3.05, 3.63) is 83.6 Å². The summed E-state index contributed by atoms with van der Waals surface area (Å²) < 4.78 is 0. The molecule has 0 bridgehead atoms. The van der Waals surface area contributed by atoms with Crippen LogP contribution in [0.15, 0.2) is 71.9 Å². The number of fused-ring (bicyclic) bond motifs is 1. The molecule has 1 aliphatic rings. The second-order valence-electron chi connectivity index (χ2n) is 4.95. The number of aliphatic imine (C=N–C) groups is 1. The average Bonchev–Trinajstić information content (AvgIpc) is 3.11. The fraction of sp³-hybridized carbons (Fsp3) is 0. The summed E-state index contributed by atoms with van der Waals surface area (Å²) in [5.74, 6) is 0. The van der Waals surface area contributed by atoms with E-state index >= 15 is 0 Å². The summed E-state index contributed by atoms with van der Waals surface area (Å²) in [6, 6.07) is 20.4. The molecule has 0 saturated carbocycles. The van der Waals surface area contributed by atoms with Gasteiger partial charge >= 0.3 is 0 Å². The molecule has 2 nitrogen and oxygen atoms in total. The van der Waals surface area contributed by atoms with Crippen molar-refractivity contribution in [1.82, 2.24) is 4.98 Å². The topological polar surface area (TPSA) is 28.1 Å². The number of aromatic amines is 1. The number of aromatic nitrogens is 1. The molecule has 1 N–H and O–H groups in total. The third-order valence-corrected chi connectivity index (χ3v) is 3.97. The fourth-order valence-electron chi connectivity index (χ4n) is 2.70. The molecule has 21 heavy (non-hydrogen) atoms. The zero-order valence-electron chi connectivity index (χ0n) is 11.2. The van der Waals surface area contributed by atoms with Gasteiger partial charge in [0.05, 0.1) is 11.4 Å². The normalized spacial score (nSPS) is 13.1. The van der Waals surface area contributed by atoms with Gasteiger partial charge in [0.1, 0.15) is 4.99 Å². The molecule has 0 aliphatic carbocycles. The van der Waals surface area contributed by atoms with Gasteiger partial charge < -0.3 is 4.98 Å². The van der Waals surface area contributed by atoms with Gasteiger partial charge in [-0.25, -0.2) is 4.99 Å². The third-order valence-electron chi connectivity index (χ3n) is 3.67. The molecular weight excluding hydrogens is 276 g/mol. The summed E-state index contributed by atoms with van der Waals surface area (Å²) >= 11 is 5.48. The van der Waals surface area contributed by atoms with Crippen LogP contribution >= 0.6 is 12.2 Å². The van der Waals surface area contributed by atoms with Crippen LogP contribution in [0, 0.1) is 0 Å². The molecule has 3 aromatic rings. The first-order valence-corrected chi connectivity index (χ1v) is 7.21. The van der Waals surface area contributed by atoms with Crippen molar-refractivity contribution in [2.45, 2.75) is 0 Å². The van der Waals surface area contributed by atoms with Crippen molar-refractivity contribution in [2.24, 2.45) is 4.99 Å². The molecule has 2 aromatic carbocycles. The van der Waals surface area contributed by atoms with E-state index in [0.29, 0.717) is 4.99 Å². The Hall–Kier alpha value is -2.52. The maximum absolute atomic E-state index is 5.48. The van der Waals surface area contributed by atoms with Gasteiger partial charge in [-0.3, -0.25) is 0 Å². The highest BCUT2D eigenvalue weighted by molar-refractivity contribution is 7.80. The minimum Gasteiger partial charge on any atom is -0.360 e. The molecule has 1 aliphatic heterocycles. The molecule has 2 heterocycles. The predicted octanol–water partition coefficient (Wildman–Crippen LogP) is 4.21. The van der Waals surface area contributed by atoms with E-state index in [1.165, 1.54) is 0 Å². The number of nitrogens with zero attached hydrogens (tertiary/aromatic N) is 1. The standard InChI is InChI=1S/C18H12N2S/c21-18-15-14(16(20-18)12-7-3-1-4-8-12)11-19-17(15)13-9-5-2-6-10-13/h1-11,19H. The summed E-state index contributed by atoms with van der Waals surface area (Å²) in [4.78, 5) is 8.61. The molecule has 4 rings (SSSR count). The Labute approximate surface area is 128 Å². The van der Waals surface area contributed by atoms with E-state index in [1.54, 1.807) is 0 Å². The maximum atomic E-state index is 5.48. The molecule has 0 fully saturated rings. The van der Waals surface area contributed by atoms with Crippen LogP contribution < -0.4 is 0 Å². The van der Waals surface area contributed by atoms with E-state index < -0.39 is 0 Å². The van der Waals surface area contributed by atoms with Crippen molar-refractivity contribution < 1.29 is 0 Å². The van der Waals surface area contributed by atoms with Gasteiger partial charge in [0.15, 0.2) is 0 Å². The van der Waals surface area contributed by atoms with Gasteiger partial charge in [0.2, 0.25) is 0 Å². The lowest BCUT2D eigenvalue weighted by molar-refractivity contribution is 1.39. The lowest BCUT2D eigenvalue weighted by Crippen LogP contribution is -1.98. The zero-order valence-corrected chi connectivity index (χ0v) is 12.0. The van der Waals surface area contributed by atoms with Gasteiger partial charge in [-0.1, -0.05) is 72.9 Å². The molecular formula is C18H12N2S. The molecule has 0 spiro atoms. The zero-order chi connectivity index (χ0) is 14.2. The summed E-state index contributed by atoms with van der Waals surface area (Å²) in [5, 5.41) is 0. The Kier molecular flexibility index (Phi) is 2.79. The lowest BCUT2D eigenvalue weighted by Gasteiger charge is -2.00. The second-order valence-corrected chi connectivity index (χ2v) is 5.34. The quantitative estimate of drug-likeness (QED) is 0.703. The van der Waals surface area contributed by atoms with E-state index in [9.17, 15) is 0 Å². The lowest BCUT2D eigenvalue weighted by atomic mass is 10.0. The smallest absolute Gasteiger partial charge is 0.136 e. The van der Waals surface area contributed by atoms with Crippen molar-refractivity contribution in [1.29, 1.82) is 0 Å². The predicted molar refractivity (Wildman–Crippen MR) is 90.0 cm³/mol. The largest absolute Gasteiger partial charge is 0.360 e. The van der Waals surface area contributed by atoms with Crippen LogP contribution in [0.2, 0.25) is 0 Å². The van der Waals surface area contributed by atoms with E-state index in [-0.39, 0.29) is 0 Å². The van der Waals surface area contributed by atoms with E-state index in [0.717, 1.165) is 33.7 Å². The van der Waals surface area contributed by atoms with Crippen molar-refractivity contribution in [3.63, 3.8) is 0 Å². The van der Waals surface area contributed by atoms with Gasteiger partial charge in [-0.05, 0) is 5.56 Å². The van der Waals surface area contributed by atoms with E-state index in [4.69, 9.17) is 12.2 Å². The molecule has 0 amide bonds. The molecule has 0 saturated heterocycles. The summed E-state index contributed by atoms with van der Waals surface area (Å²) in [5.41, 5.74) is 6.35. The molecule has 100 valence electrons. The highest BCUT2D eigenvalue weighted by Gasteiger charge is 2.26. The van der Waals surface area contributed by atoms with Crippen molar-refractivity contribution in [2.75, 3.05) is 0 Å². The molecule has 0 radical (unpaired) electrons. The Bertz CT molecular complexity index is 845. The Morgan fingerprint density at radius 3 is 2.10 bits per heavy atom. The van der Waals surface area contributed by atoms with Crippen LogP contribution in [0.4, 0.5) is 0 Å². The number of H-pyrrole nitrogens is 1. The Balaban J connectivity index is 1.86. The number of nitrogens with one attached hydrogen (secondary N) is 1. The van der Waals surface area contributed by atoms with E-state index in [2.05, 4.69) is 34.2 Å². The minimum absolute atomic E-state index is 0.656. The summed E-state index contributed by atoms with van der Waals surface area (Å²) in [6.07, 6.45) is 2.00. The van der Waals surface area contributed by atoms with Crippen LogP contribution in [-0.4, -0.2) is 15.7 Å². The SMILES string of the molecule is S=C1N=C(c2ccccc2)c2c[nH]c(-c3ccccc3)c21. The molecule has 1 aromatic heterocycles. The molecule has 0 unspecified atom stereocenters. The second kappa shape index (κ2) is 4.79. The summed E-state index contributed by atoms with van der Waals surface area (Å²) in [6.45, 7) is 0. The first-order chi connectivity index (χ1) is 10.3. The van der Waals surface area contributed by atoms with Crippen molar-refractivity contribution in [3.8, 4) is 11.3 Å². The maximum Gasteiger partial charge on any atom is 0.136 e. The number of hydrogen-bond donors (Lipinski definition) is 1. The van der Waals surface area contributed by atoms with Crippen LogP contribution in [0.1, 0.15) is 16.7 Å². The van der Waals surface area contributed by atoms with E-state index in [1.807, 2.05) is 42.6 Å².